The van der Waals surface area contributed by atoms with Gasteiger partial charge >= 0.3 is 12.1 Å². The Morgan fingerprint density at radius 2 is 1.57 bits per heavy atom. The zero-order chi connectivity index (χ0) is 29.0. The second-order valence-electron chi connectivity index (χ2n) is 13.0. The van der Waals surface area contributed by atoms with Crippen molar-refractivity contribution < 1.29 is 32.2 Å². The van der Waals surface area contributed by atoms with Crippen molar-refractivity contribution in [3.8, 4) is 5.75 Å². The van der Waals surface area contributed by atoms with Gasteiger partial charge in [-0.3, -0.25) is 0 Å². The third kappa shape index (κ3) is 7.30. The first kappa shape index (κ1) is 31.9. The van der Waals surface area contributed by atoms with E-state index in [0.29, 0.717) is 35.2 Å². The van der Waals surface area contributed by atoms with Crippen molar-refractivity contribution >= 4 is 11.8 Å². The fourth-order valence-electron chi connectivity index (χ4n) is 8.17. The van der Waals surface area contributed by atoms with Crippen molar-refractivity contribution in [1.29, 1.82) is 0 Å². The minimum atomic E-state index is -5.44. The zero-order valence-electron chi connectivity index (χ0n) is 23.8. The summed E-state index contributed by atoms with van der Waals surface area (Å²) >= 11 is 1.47. The van der Waals surface area contributed by atoms with Gasteiger partial charge < -0.3 is 10.2 Å². The van der Waals surface area contributed by atoms with E-state index in [-0.39, 0.29) is 17.9 Å². The number of halogens is 5. The molecule has 0 heterocycles. The Morgan fingerprint density at radius 3 is 2.30 bits per heavy atom. The molecule has 2 saturated carbocycles. The van der Waals surface area contributed by atoms with E-state index in [0.717, 1.165) is 57.1 Å². The molecule has 1 aromatic rings. The van der Waals surface area contributed by atoms with Gasteiger partial charge in [-0.25, -0.2) is 0 Å². The van der Waals surface area contributed by atoms with Gasteiger partial charge in [0, 0.05) is 6.42 Å². The lowest BCUT2D eigenvalue weighted by Crippen LogP contribution is -2.47. The number of alkyl halides is 5. The molecule has 2 N–H and O–H groups in total. The number of thioether (sulfide) groups is 1. The maximum atomic E-state index is 12.9. The predicted molar refractivity (Wildman–Crippen MR) is 152 cm³/mol. The van der Waals surface area contributed by atoms with Crippen molar-refractivity contribution in [1.82, 2.24) is 0 Å². The van der Waals surface area contributed by atoms with Crippen molar-refractivity contribution in [2.24, 2.45) is 23.2 Å². The number of benzene rings is 1. The molecule has 40 heavy (non-hydrogen) atoms. The number of aliphatic hydroxyl groups is 1. The number of aliphatic hydroxyl groups excluding tert-OH is 1. The van der Waals surface area contributed by atoms with E-state index in [9.17, 15) is 32.2 Å². The van der Waals surface area contributed by atoms with Gasteiger partial charge in [-0.2, -0.15) is 33.7 Å². The second kappa shape index (κ2) is 13.5. The highest BCUT2D eigenvalue weighted by Crippen LogP contribution is 2.62. The molecule has 1 unspecified atom stereocenters. The number of unbranched alkanes of at least 4 members (excludes halogenated alkanes) is 6. The van der Waals surface area contributed by atoms with E-state index in [1.165, 1.54) is 55.0 Å². The molecule has 0 spiro atoms. The van der Waals surface area contributed by atoms with Gasteiger partial charge in [0.25, 0.3) is 0 Å². The fraction of sp³-hybridized carbons (Fsp3) is 0.812. The Hall–Kier alpha value is -1.02. The maximum Gasteiger partial charge on any atom is 0.453 e. The van der Waals surface area contributed by atoms with Crippen molar-refractivity contribution in [3.63, 3.8) is 0 Å². The molecule has 0 saturated heterocycles. The smallest absolute Gasteiger partial charge is 0.453 e. The summed E-state index contributed by atoms with van der Waals surface area (Å²) in [6.07, 6.45) is 7.56. The van der Waals surface area contributed by atoms with Gasteiger partial charge in [0.05, 0.1) is 6.10 Å². The van der Waals surface area contributed by atoms with Crippen molar-refractivity contribution in [2.45, 2.75) is 127 Å². The molecule has 3 aliphatic carbocycles. The molecular formula is C32H47F5O2S. The number of fused-ring (bicyclic) bond motifs is 5. The van der Waals surface area contributed by atoms with Crippen LogP contribution in [0.5, 0.6) is 5.75 Å². The average Bonchev–Trinajstić information content (AvgIpc) is 3.19. The second-order valence-corrected chi connectivity index (χ2v) is 14.2. The van der Waals surface area contributed by atoms with Crippen LogP contribution in [0.2, 0.25) is 0 Å². The Morgan fingerprint density at radius 1 is 0.900 bits per heavy atom. The van der Waals surface area contributed by atoms with E-state index in [2.05, 4.69) is 13.0 Å². The molecule has 2 nitrogen and oxygen atoms in total. The monoisotopic (exact) mass is 590 g/mol. The van der Waals surface area contributed by atoms with Crippen LogP contribution in [0.4, 0.5) is 22.0 Å². The van der Waals surface area contributed by atoms with E-state index in [1.807, 2.05) is 12.1 Å². The third-order valence-electron chi connectivity index (χ3n) is 10.4. The Balaban J connectivity index is 1.13. The van der Waals surface area contributed by atoms with E-state index in [1.54, 1.807) is 0 Å². The molecule has 6 atom stereocenters. The largest absolute Gasteiger partial charge is 0.508 e. The Bertz CT molecular complexity index is 954. The Labute approximate surface area is 240 Å². The molecule has 0 aliphatic heterocycles. The lowest BCUT2D eigenvalue weighted by molar-refractivity contribution is -0.284. The molecule has 228 valence electrons. The van der Waals surface area contributed by atoms with Crippen LogP contribution in [0.15, 0.2) is 18.2 Å². The molecule has 0 bridgehead atoms. The van der Waals surface area contributed by atoms with Crippen LogP contribution in [0.25, 0.3) is 0 Å². The standard InChI is InChI=1S/C32H47F5O2S/c1-30-17-15-26-25-12-11-24(38)21-23(25)20-22(29(26)27(30)13-14-28(30)39)10-7-5-3-2-4-6-8-18-40-19-9-16-31(33,34)32(35,36)37/h11-12,21-22,26-29,38-39H,2-10,13-20H2,1H3/t22-,26-,27+,28+,29?,30+/m1/s1. The summed E-state index contributed by atoms with van der Waals surface area (Å²) in [6, 6.07) is 5.97. The molecule has 3 aliphatic rings. The summed E-state index contributed by atoms with van der Waals surface area (Å²) in [7, 11) is 0. The van der Waals surface area contributed by atoms with Crippen molar-refractivity contribution in [2.75, 3.05) is 11.5 Å². The highest BCUT2D eigenvalue weighted by Gasteiger charge is 2.57. The maximum absolute atomic E-state index is 12.9. The molecule has 4 rings (SSSR count). The van der Waals surface area contributed by atoms with Crippen LogP contribution < -0.4 is 0 Å². The summed E-state index contributed by atoms with van der Waals surface area (Å²) in [5, 5.41) is 21.0. The first-order chi connectivity index (χ1) is 18.9. The molecule has 2 fully saturated rings. The minimum absolute atomic E-state index is 0.0419. The van der Waals surface area contributed by atoms with Gasteiger partial charge in [-0.15, -0.1) is 0 Å². The zero-order valence-corrected chi connectivity index (χ0v) is 24.6. The summed E-state index contributed by atoms with van der Waals surface area (Å²) in [6.45, 7) is 2.32. The topological polar surface area (TPSA) is 40.5 Å². The first-order valence-electron chi connectivity index (χ1n) is 15.5. The van der Waals surface area contributed by atoms with Crippen LogP contribution in [-0.2, 0) is 6.42 Å². The quantitative estimate of drug-likeness (QED) is 0.167. The lowest BCUT2D eigenvalue weighted by atomic mass is 9.52. The number of hydrogen-bond acceptors (Lipinski definition) is 3. The minimum Gasteiger partial charge on any atom is -0.508 e. The number of phenolic OH excluding ortho intramolecular Hbond substituents is 1. The Kier molecular flexibility index (Phi) is 10.8. The highest BCUT2D eigenvalue weighted by molar-refractivity contribution is 7.99. The fourth-order valence-corrected chi connectivity index (χ4v) is 9.13. The number of rotatable bonds is 14. The molecule has 1 aromatic carbocycles. The van der Waals surface area contributed by atoms with Crippen LogP contribution in [0, 0.1) is 23.2 Å². The van der Waals surface area contributed by atoms with E-state index in [4.69, 9.17) is 0 Å². The molecule has 0 aromatic heterocycles. The summed E-state index contributed by atoms with van der Waals surface area (Å²) in [5.74, 6) is -0.730. The third-order valence-corrected chi connectivity index (χ3v) is 11.5. The van der Waals surface area contributed by atoms with E-state index < -0.39 is 18.5 Å². The van der Waals surface area contributed by atoms with Gasteiger partial charge in [0.1, 0.15) is 5.75 Å². The van der Waals surface area contributed by atoms with Gasteiger partial charge in [0.15, 0.2) is 0 Å². The molecule has 0 radical (unpaired) electrons. The van der Waals surface area contributed by atoms with Crippen LogP contribution in [0.3, 0.4) is 0 Å². The molecular weight excluding hydrogens is 543 g/mol. The summed E-state index contributed by atoms with van der Waals surface area (Å²) in [5.41, 5.74) is 2.79. The normalized spacial score (nSPS) is 30.1. The lowest BCUT2D eigenvalue weighted by Gasteiger charge is -2.53. The number of aromatic hydroxyl groups is 1. The number of phenols is 1. The average molecular weight is 591 g/mol. The number of hydrogen-bond donors (Lipinski definition) is 2. The van der Waals surface area contributed by atoms with Crippen LogP contribution >= 0.6 is 11.8 Å². The highest BCUT2D eigenvalue weighted by atomic mass is 32.2. The molecule has 8 heteroatoms. The van der Waals surface area contributed by atoms with Gasteiger partial charge in [-0.05, 0) is 115 Å². The predicted octanol–water partition coefficient (Wildman–Crippen LogP) is 9.67. The first-order valence-corrected chi connectivity index (χ1v) is 16.6. The SMILES string of the molecule is C[C@]12CC[C@@H]3c4ccc(O)cc4C[C@@H](CCCCCCCCCSCCCC(F)(F)C(F)(F)F)C3[C@@H]1CC[C@@H]2O. The molecule has 0 amide bonds. The van der Waals surface area contributed by atoms with Gasteiger partial charge in [0.2, 0.25) is 0 Å². The van der Waals surface area contributed by atoms with Gasteiger partial charge in [-0.1, -0.05) is 51.5 Å². The van der Waals surface area contributed by atoms with E-state index >= 15 is 0 Å². The summed E-state index contributed by atoms with van der Waals surface area (Å²) in [4.78, 5) is 0. The van der Waals surface area contributed by atoms with Crippen LogP contribution in [0.1, 0.15) is 114 Å². The van der Waals surface area contributed by atoms with Crippen LogP contribution in [-0.4, -0.2) is 39.9 Å². The summed E-state index contributed by atoms with van der Waals surface area (Å²) < 4.78 is 62.4. The van der Waals surface area contributed by atoms with Crippen molar-refractivity contribution in [3.05, 3.63) is 29.3 Å².